The fourth-order valence-electron chi connectivity index (χ4n) is 1.45. The molecule has 0 aliphatic rings. The third kappa shape index (κ3) is 3.42. The lowest BCUT2D eigenvalue weighted by molar-refractivity contribution is -0.385. The second-order valence-corrected chi connectivity index (χ2v) is 3.83. The number of rotatable bonds is 5. The van der Waals surface area contributed by atoms with Crippen molar-refractivity contribution in [3.63, 3.8) is 0 Å². The van der Waals surface area contributed by atoms with E-state index < -0.39 is 4.92 Å². The predicted octanol–water partition coefficient (Wildman–Crippen LogP) is 0.970. The number of carbonyl (C=O) groups excluding carboxylic acids is 1. The van der Waals surface area contributed by atoms with E-state index in [1.54, 1.807) is 19.9 Å². The molecule has 0 bridgehead atoms. The van der Waals surface area contributed by atoms with Crippen molar-refractivity contribution in [3.8, 4) is 5.75 Å². The first-order valence-electron chi connectivity index (χ1n) is 5.33. The number of amides is 1. The Balaban J connectivity index is 2.76. The molecule has 7 nitrogen and oxygen atoms in total. The Morgan fingerprint density at radius 1 is 1.44 bits per heavy atom. The molecule has 0 radical (unpaired) electrons. The first kappa shape index (κ1) is 13.9. The van der Waals surface area contributed by atoms with Gasteiger partial charge in [-0.15, -0.1) is 0 Å². The van der Waals surface area contributed by atoms with Crippen LogP contribution in [0.4, 0.5) is 5.69 Å². The summed E-state index contributed by atoms with van der Waals surface area (Å²) in [5.74, 6) is 5.13. The van der Waals surface area contributed by atoms with Gasteiger partial charge in [0.2, 0.25) is 5.91 Å². The zero-order chi connectivity index (χ0) is 13.7. The van der Waals surface area contributed by atoms with Gasteiger partial charge in [0.15, 0.2) is 0 Å². The largest absolute Gasteiger partial charge is 0.493 e. The van der Waals surface area contributed by atoms with Crippen LogP contribution in [0.2, 0.25) is 0 Å². The highest BCUT2D eigenvalue weighted by atomic mass is 16.6. The second-order valence-electron chi connectivity index (χ2n) is 3.83. The number of aryl methyl sites for hydroxylation is 2. The van der Waals surface area contributed by atoms with Gasteiger partial charge in [0.25, 0.3) is 5.69 Å². The molecule has 0 atom stereocenters. The maximum Gasteiger partial charge on any atom is 0.272 e. The molecule has 1 amide bonds. The lowest BCUT2D eigenvalue weighted by Crippen LogP contribution is -2.31. The van der Waals surface area contributed by atoms with Crippen LogP contribution < -0.4 is 16.0 Å². The zero-order valence-corrected chi connectivity index (χ0v) is 10.2. The highest BCUT2D eigenvalue weighted by Crippen LogP contribution is 2.27. The van der Waals surface area contributed by atoms with Gasteiger partial charge in [-0.05, 0) is 25.5 Å². The van der Waals surface area contributed by atoms with Gasteiger partial charge in [-0.25, -0.2) is 5.84 Å². The summed E-state index contributed by atoms with van der Waals surface area (Å²) in [6.07, 6.45) is 0.131. The maximum absolute atomic E-state index is 10.9. The number of ether oxygens (including phenoxy) is 1. The molecule has 0 aliphatic heterocycles. The zero-order valence-electron chi connectivity index (χ0n) is 10.2. The fraction of sp³-hybridized carbons (Fsp3) is 0.364. The number of nitro groups is 1. The molecule has 1 rings (SSSR count). The number of benzene rings is 1. The van der Waals surface area contributed by atoms with E-state index in [-0.39, 0.29) is 24.6 Å². The van der Waals surface area contributed by atoms with Crippen LogP contribution in [0.1, 0.15) is 17.5 Å². The van der Waals surface area contributed by atoms with Crippen LogP contribution in [0.25, 0.3) is 0 Å². The molecule has 1 aromatic rings. The third-order valence-corrected chi connectivity index (χ3v) is 2.44. The average molecular weight is 253 g/mol. The first-order valence-corrected chi connectivity index (χ1v) is 5.33. The molecule has 0 fully saturated rings. The standard InChI is InChI=1S/C11H15N3O4/c1-7-6-10(18-4-3-11(15)13-12)8(2)5-9(7)14(16)17/h5-6H,3-4,12H2,1-2H3,(H,13,15). The number of nitrogens with one attached hydrogen (secondary N) is 1. The van der Waals surface area contributed by atoms with Crippen LogP contribution in [0.3, 0.4) is 0 Å². The Labute approximate surface area is 104 Å². The summed E-state index contributed by atoms with van der Waals surface area (Å²) >= 11 is 0. The predicted molar refractivity (Wildman–Crippen MR) is 65.0 cm³/mol. The molecule has 1 aromatic carbocycles. The number of hydrogen-bond acceptors (Lipinski definition) is 5. The van der Waals surface area contributed by atoms with Crippen molar-refractivity contribution in [2.45, 2.75) is 20.3 Å². The SMILES string of the molecule is Cc1cc([N+](=O)[O-])c(C)cc1OCCC(=O)NN. The van der Waals surface area contributed by atoms with Crippen LogP contribution >= 0.6 is 0 Å². The highest BCUT2D eigenvalue weighted by molar-refractivity contribution is 5.75. The summed E-state index contributed by atoms with van der Waals surface area (Å²) in [5, 5.41) is 10.7. The monoisotopic (exact) mass is 253 g/mol. The molecular formula is C11H15N3O4. The van der Waals surface area contributed by atoms with Gasteiger partial charge >= 0.3 is 0 Å². The quantitative estimate of drug-likeness (QED) is 0.352. The van der Waals surface area contributed by atoms with Crippen molar-refractivity contribution in [2.75, 3.05) is 6.61 Å². The van der Waals surface area contributed by atoms with Gasteiger partial charge in [-0.2, -0.15) is 0 Å². The topological polar surface area (TPSA) is 107 Å². The van der Waals surface area contributed by atoms with Gasteiger partial charge in [0.1, 0.15) is 5.75 Å². The summed E-state index contributed by atoms with van der Waals surface area (Å²) < 4.78 is 5.39. The molecule has 3 N–H and O–H groups in total. The number of nitro benzene ring substituents is 1. The Morgan fingerprint density at radius 2 is 2.11 bits per heavy atom. The molecule has 0 spiro atoms. The van der Waals surface area contributed by atoms with Gasteiger partial charge in [-0.3, -0.25) is 20.3 Å². The Bertz CT molecular complexity index is 474. The molecule has 0 saturated carbocycles. The number of hydrazine groups is 1. The van der Waals surface area contributed by atoms with Crippen LogP contribution in [0, 0.1) is 24.0 Å². The van der Waals surface area contributed by atoms with E-state index in [1.807, 2.05) is 5.43 Å². The van der Waals surface area contributed by atoms with E-state index in [9.17, 15) is 14.9 Å². The lowest BCUT2D eigenvalue weighted by atomic mass is 10.1. The number of nitrogens with zero attached hydrogens (tertiary/aromatic N) is 1. The summed E-state index contributed by atoms with van der Waals surface area (Å²) in [6, 6.07) is 3.04. The van der Waals surface area contributed by atoms with Crippen molar-refractivity contribution in [2.24, 2.45) is 5.84 Å². The molecule has 98 valence electrons. The lowest BCUT2D eigenvalue weighted by Gasteiger charge is -2.09. The average Bonchev–Trinajstić information content (AvgIpc) is 2.32. The number of carbonyl (C=O) groups is 1. The molecule has 7 heteroatoms. The van der Waals surface area contributed by atoms with E-state index in [4.69, 9.17) is 10.6 Å². The van der Waals surface area contributed by atoms with Crippen LogP contribution in [0.5, 0.6) is 5.75 Å². The van der Waals surface area contributed by atoms with E-state index in [0.29, 0.717) is 16.9 Å². The van der Waals surface area contributed by atoms with Crippen molar-refractivity contribution in [1.29, 1.82) is 0 Å². The van der Waals surface area contributed by atoms with Crippen LogP contribution in [-0.4, -0.2) is 17.4 Å². The fourth-order valence-corrected chi connectivity index (χ4v) is 1.45. The van der Waals surface area contributed by atoms with E-state index in [1.165, 1.54) is 6.07 Å². The van der Waals surface area contributed by atoms with Gasteiger partial charge < -0.3 is 4.74 Å². The number of hydrogen-bond donors (Lipinski definition) is 2. The maximum atomic E-state index is 10.9. The molecular weight excluding hydrogens is 238 g/mol. The minimum atomic E-state index is -0.437. The Hall–Kier alpha value is -2.15. The summed E-state index contributed by atoms with van der Waals surface area (Å²) in [5.41, 5.74) is 3.22. The minimum Gasteiger partial charge on any atom is -0.493 e. The Morgan fingerprint density at radius 3 is 2.67 bits per heavy atom. The van der Waals surface area contributed by atoms with E-state index in [0.717, 1.165) is 0 Å². The summed E-state index contributed by atoms with van der Waals surface area (Å²) in [6.45, 7) is 3.52. The molecule has 0 heterocycles. The van der Waals surface area contributed by atoms with Crippen molar-refractivity contribution in [1.82, 2.24) is 5.43 Å². The highest BCUT2D eigenvalue weighted by Gasteiger charge is 2.14. The van der Waals surface area contributed by atoms with E-state index in [2.05, 4.69) is 0 Å². The van der Waals surface area contributed by atoms with Crippen LogP contribution in [-0.2, 0) is 4.79 Å². The molecule has 0 aliphatic carbocycles. The minimum absolute atomic E-state index is 0.0551. The van der Waals surface area contributed by atoms with Gasteiger partial charge in [0, 0.05) is 11.6 Å². The van der Waals surface area contributed by atoms with Gasteiger partial charge in [-0.1, -0.05) is 0 Å². The molecule has 0 saturated heterocycles. The normalized spacial score (nSPS) is 9.94. The molecule has 18 heavy (non-hydrogen) atoms. The van der Waals surface area contributed by atoms with Crippen molar-refractivity contribution < 1.29 is 14.5 Å². The smallest absolute Gasteiger partial charge is 0.272 e. The summed E-state index contributed by atoms with van der Waals surface area (Å²) in [7, 11) is 0. The molecule has 0 unspecified atom stereocenters. The Kier molecular flexibility index (Phi) is 4.61. The van der Waals surface area contributed by atoms with Crippen molar-refractivity contribution in [3.05, 3.63) is 33.4 Å². The van der Waals surface area contributed by atoms with Gasteiger partial charge in [0.05, 0.1) is 18.0 Å². The third-order valence-electron chi connectivity index (χ3n) is 2.44. The molecule has 0 aromatic heterocycles. The number of nitrogens with two attached hydrogens (primary N) is 1. The van der Waals surface area contributed by atoms with E-state index >= 15 is 0 Å². The summed E-state index contributed by atoms with van der Waals surface area (Å²) in [4.78, 5) is 21.2. The first-order chi connectivity index (χ1) is 8.45. The van der Waals surface area contributed by atoms with Crippen LogP contribution in [0.15, 0.2) is 12.1 Å². The second kappa shape index (κ2) is 5.97. The van der Waals surface area contributed by atoms with Crippen molar-refractivity contribution >= 4 is 11.6 Å².